The third-order valence-electron chi connectivity index (χ3n) is 4.61. The second-order valence-electron chi connectivity index (χ2n) is 6.65. The van der Waals surface area contributed by atoms with Crippen LogP contribution >= 0.6 is 0 Å². The molecule has 0 radical (unpaired) electrons. The fraction of sp³-hybridized carbons (Fsp3) is 0.300. The van der Waals surface area contributed by atoms with Crippen molar-refractivity contribution in [3.63, 3.8) is 0 Å². The van der Waals surface area contributed by atoms with Crippen molar-refractivity contribution in [1.82, 2.24) is 0 Å². The molecule has 0 saturated carbocycles. The molecule has 3 rings (SSSR count). The first-order chi connectivity index (χ1) is 13.0. The Morgan fingerprint density at radius 2 is 1.93 bits per heavy atom. The zero-order valence-electron chi connectivity index (χ0n) is 15.1. The lowest BCUT2D eigenvalue weighted by atomic mass is 10.1. The van der Waals surface area contributed by atoms with Gasteiger partial charge in [0.2, 0.25) is 11.8 Å². The summed E-state index contributed by atoms with van der Waals surface area (Å²) in [4.78, 5) is 36.2. The summed E-state index contributed by atoms with van der Waals surface area (Å²) in [7, 11) is 0. The summed E-state index contributed by atoms with van der Waals surface area (Å²) in [6.45, 7) is 2.25. The van der Waals surface area contributed by atoms with Crippen molar-refractivity contribution in [3.8, 4) is 0 Å². The van der Waals surface area contributed by atoms with E-state index in [1.165, 1.54) is 11.6 Å². The molecule has 1 saturated heterocycles. The molecule has 1 heterocycles. The fourth-order valence-corrected chi connectivity index (χ4v) is 3.17. The Morgan fingerprint density at radius 3 is 2.56 bits per heavy atom. The Morgan fingerprint density at radius 1 is 1.19 bits per heavy atom. The van der Waals surface area contributed by atoms with Crippen LogP contribution in [0.5, 0.6) is 0 Å². The number of anilines is 2. The minimum Gasteiger partial charge on any atom is -0.379 e. The van der Waals surface area contributed by atoms with Crippen LogP contribution in [0.15, 0.2) is 48.5 Å². The number of carbonyl (C=O) groups is 2. The van der Waals surface area contributed by atoms with Crippen LogP contribution in [-0.4, -0.2) is 23.3 Å². The van der Waals surface area contributed by atoms with E-state index in [0.717, 1.165) is 17.7 Å². The summed E-state index contributed by atoms with van der Waals surface area (Å²) in [6, 6.07) is 14.4. The van der Waals surface area contributed by atoms with E-state index in [9.17, 15) is 19.7 Å². The van der Waals surface area contributed by atoms with E-state index in [4.69, 9.17) is 0 Å². The number of nitrogens with one attached hydrogen (secondary N) is 1. The molecule has 0 spiro atoms. The molecule has 0 aliphatic carbocycles. The van der Waals surface area contributed by atoms with E-state index >= 15 is 0 Å². The van der Waals surface area contributed by atoms with Crippen molar-refractivity contribution in [1.29, 1.82) is 0 Å². The number of benzene rings is 2. The van der Waals surface area contributed by atoms with Gasteiger partial charge in [-0.25, -0.2) is 0 Å². The first-order valence-corrected chi connectivity index (χ1v) is 8.90. The van der Waals surface area contributed by atoms with Crippen molar-refractivity contribution < 1.29 is 14.5 Å². The first kappa shape index (κ1) is 18.6. The van der Waals surface area contributed by atoms with Gasteiger partial charge in [0.1, 0.15) is 5.69 Å². The molecule has 7 heteroatoms. The van der Waals surface area contributed by atoms with E-state index in [1.54, 1.807) is 19.1 Å². The van der Waals surface area contributed by atoms with Crippen LogP contribution in [-0.2, 0) is 16.0 Å². The van der Waals surface area contributed by atoms with E-state index in [2.05, 4.69) is 5.32 Å². The highest BCUT2D eigenvalue weighted by Gasteiger charge is 2.37. The summed E-state index contributed by atoms with van der Waals surface area (Å²) in [5.74, 6) is -1.05. The summed E-state index contributed by atoms with van der Waals surface area (Å²) in [5.41, 5.74) is 1.69. The largest absolute Gasteiger partial charge is 0.379 e. The fourth-order valence-electron chi connectivity index (χ4n) is 3.17. The highest BCUT2D eigenvalue weighted by Crippen LogP contribution is 2.33. The van der Waals surface area contributed by atoms with Gasteiger partial charge in [-0.3, -0.25) is 24.6 Å². The maximum Gasteiger partial charge on any atom is 0.294 e. The molecule has 1 fully saturated rings. The predicted molar refractivity (Wildman–Crippen MR) is 103 cm³/mol. The van der Waals surface area contributed by atoms with E-state index < -0.39 is 10.8 Å². The number of nitro groups is 1. The number of carbonyl (C=O) groups excluding carboxylic acids is 2. The SMILES string of the molecule is CC1CC(=O)N(c2ccc(NCCCc3ccccc3)c([N+](=O)[O-])c2)C1=O. The molecule has 2 aromatic carbocycles. The van der Waals surface area contributed by atoms with E-state index in [1.807, 2.05) is 30.3 Å². The summed E-state index contributed by atoms with van der Waals surface area (Å²) >= 11 is 0. The van der Waals surface area contributed by atoms with Gasteiger partial charge in [0.05, 0.1) is 10.6 Å². The number of imide groups is 1. The van der Waals surface area contributed by atoms with Crippen LogP contribution in [0, 0.1) is 16.0 Å². The molecule has 0 aromatic heterocycles. The van der Waals surface area contributed by atoms with Crippen LogP contribution in [0.3, 0.4) is 0 Å². The van der Waals surface area contributed by atoms with Crippen molar-refractivity contribution >= 4 is 28.9 Å². The molecule has 1 unspecified atom stereocenters. The monoisotopic (exact) mass is 367 g/mol. The molecular formula is C20H21N3O4. The van der Waals surface area contributed by atoms with Crippen LogP contribution in [0.25, 0.3) is 0 Å². The minimum atomic E-state index is -0.502. The number of hydrogen-bond donors (Lipinski definition) is 1. The van der Waals surface area contributed by atoms with Crippen LogP contribution in [0.2, 0.25) is 0 Å². The lowest BCUT2D eigenvalue weighted by Crippen LogP contribution is -2.30. The standard InChI is InChI=1S/C20H21N3O4/c1-14-12-19(24)22(20(14)25)16-9-10-17(18(13-16)23(26)27)21-11-5-8-15-6-3-2-4-7-15/h2-4,6-7,9-10,13-14,21H,5,8,11-12H2,1H3. The van der Waals surface area contributed by atoms with Gasteiger partial charge in [0.25, 0.3) is 5.69 Å². The Balaban J connectivity index is 1.70. The normalized spacial score (nSPS) is 16.6. The first-order valence-electron chi connectivity index (χ1n) is 8.90. The Bertz CT molecular complexity index is 867. The maximum atomic E-state index is 12.1. The van der Waals surface area contributed by atoms with Gasteiger partial charge in [-0.15, -0.1) is 0 Å². The second kappa shape index (κ2) is 7.99. The molecule has 2 aromatic rings. The van der Waals surface area contributed by atoms with E-state index in [0.29, 0.717) is 12.2 Å². The Hall–Kier alpha value is -3.22. The number of amides is 2. The molecule has 1 aliphatic rings. The van der Waals surface area contributed by atoms with Gasteiger partial charge in [0.15, 0.2) is 0 Å². The highest BCUT2D eigenvalue weighted by molar-refractivity contribution is 6.21. The summed E-state index contributed by atoms with van der Waals surface area (Å²) in [6.07, 6.45) is 1.82. The van der Waals surface area contributed by atoms with Gasteiger partial charge in [-0.1, -0.05) is 37.3 Å². The van der Waals surface area contributed by atoms with E-state index in [-0.39, 0.29) is 29.6 Å². The molecule has 1 N–H and O–H groups in total. The molecule has 27 heavy (non-hydrogen) atoms. The van der Waals surface area contributed by atoms with Crippen molar-refractivity contribution in [2.45, 2.75) is 26.2 Å². The zero-order valence-corrected chi connectivity index (χ0v) is 15.1. The summed E-state index contributed by atoms with van der Waals surface area (Å²) < 4.78 is 0. The van der Waals surface area contributed by atoms with Crippen molar-refractivity contribution in [3.05, 3.63) is 64.2 Å². The number of hydrogen-bond acceptors (Lipinski definition) is 5. The van der Waals surface area contributed by atoms with Gasteiger partial charge in [0, 0.05) is 24.9 Å². The maximum absolute atomic E-state index is 12.1. The predicted octanol–water partition coefficient (Wildman–Crippen LogP) is 3.54. The molecule has 0 bridgehead atoms. The average molecular weight is 367 g/mol. The Labute approximate surface area is 157 Å². The zero-order chi connectivity index (χ0) is 19.4. The molecule has 1 atom stereocenters. The second-order valence-corrected chi connectivity index (χ2v) is 6.65. The topological polar surface area (TPSA) is 92.6 Å². The number of nitro benzene ring substituents is 1. The molecule has 7 nitrogen and oxygen atoms in total. The smallest absolute Gasteiger partial charge is 0.294 e. The van der Waals surface area contributed by atoms with Gasteiger partial charge < -0.3 is 5.32 Å². The summed E-state index contributed by atoms with van der Waals surface area (Å²) in [5, 5.41) is 14.5. The quantitative estimate of drug-likeness (QED) is 0.350. The Kier molecular flexibility index (Phi) is 5.49. The average Bonchev–Trinajstić information content (AvgIpc) is 2.91. The van der Waals surface area contributed by atoms with Gasteiger partial charge in [-0.2, -0.15) is 0 Å². The van der Waals surface area contributed by atoms with Crippen molar-refractivity contribution in [2.75, 3.05) is 16.8 Å². The molecule has 2 amide bonds. The van der Waals surface area contributed by atoms with Gasteiger partial charge in [-0.05, 0) is 30.5 Å². The van der Waals surface area contributed by atoms with Gasteiger partial charge >= 0.3 is 0 Å². The van der Waals surface area contributed by atoms with Crippen LogP contribution in [0.4, 0.5) is 17.1 Å². The van der Waals surface area contributed by atoms with Crippen molar-refractivity contribution in [2.24, 2.45) is 5.92 Å². The lowest BCUT2D eigenvalue weighted by molar-refractivity contribution is -0.383. The lowest BCUT2D eigenvalue weighted by Gasteiger charge is -2.15. The minimum absolute atomic E-state index is 0.131. The van der Waals surface area contributed by atoms with Crippen LogP contribution < -0.4 is 10.2 Å². The third kappa shape index (κ3) is 4.13. The highest BCUT2D eigenvalue weighted by atomic mass is 16.6. The van der Waals surface area contributed by atoms with Crippen LogP contribution in [0.1, 0.15) is 25.3 Å². The number of rotatable bonds is 7. The third-order valence-corrected chi connectivity index (χ3v) is 4.61. The molecule has 140 valence electrons. The number of nitrogens with zero attached hydrogens (tertiary/aromatic N) is 2. The molecule has 1 aliphatic heterocycles. The molecular weight excluding hydrogens is 346 g/mol. The number of aryl methyl sites for hydroxylation is 1.